The molecule has 0 bridgehead atoms. The number of non-ortho nitro benzene ring substituents is 1. The van der Waals surface area contributed by atoms with Gasteiger partial charge in [-0.1, -0.05) is 18.7 Å². The van der Waals surface area contributed by atoms with Gasteiger partial charge in [0, 0.05) is 18.6 Å². The van der Waals surface area contributed by atoms with Crippen LogP contribution in [-0.4, -0.2) is 46.2 Å². The number of nitrogens with zero attached hydrogens (tertiary/aromatic N) is 3. The summed E-state index contributed by atoms with van der Waals surface area (Å²) >= 11 is 0. The summed E-state index contributed by atoms with van der Waals surface area (Å²) in [5.74, 6) is -0.752. The largest absolute Gasteiger partial charge is 0.476 e. The van der Waals surface area contributed by atoms with E-state index in [9.17, 15) is 19.7 Å². The van der Waals surface area contributed by atoms with E-state index in [4.69, 9.17) is 14.2 Å². The van der Waals surface area contributed by atoms with Crippen molar-refractivity contribution in [1.29, 1.82) is 0 Å². The topological polar surface area (TPSA) is 121 Å². The van der Waals surface area contributed by atoms with Crippen molar-refractivity contribution in [2.24, 2.45) is 10.5 Å². The average Bonchev–Trinajstić information content (AvgIpc) is 2.93. The first-order chi connectivity index (χ1) is 14.9. The summed E-state index contributed by atoms with van der Waals surface area (Å²) in [5.41, 5.74) is -1.16. The van der Waals surface area contributed by atoms with Crippen LogP contribution < -0.4 is 0 Å². The van der Waals surface area contributed by atoms with E-state index in [1.807, 2.05) is 0 Å². The molecule has 0 radical (unpaired) electrons. The molecule has 1 heterocycles. The second-order valence-electron chi connectivity index (χ2n) is 8.22. The first kappa shape index (κ1) is 24.8. The van der Waals surface area contributed by atoms with Crippen LogP contribution in [0.15, 0.2) is 41.6 Å². The summed E-state index contributed by atoms with van der Waals surface area (Å²) in [6.07, 6.45) is -2.09. The molecule has 174 valence electrons. The van der Waals surface area contributed by atoms with Crippen molar-refractivity contribution in [3.63, 3.8) is 0 Å². The van der Waals surface area contributed by atoms with Crippen LogP contribution in [0.4, 0.5) is 10.5 Å². The summed E-state index contributed by atoms with van der Waals surface area (Å²) in [5, 5.41) is 16.1. The zero-order valence-electron chi connectivity index (χ0n) is 19.2. The van der Waals surface area contributed by atoms with E-state index in [1.165, 1.54) is 24.3 Å². The number of rotatable bonds is 7. The predicted octanol–water partition coefficient (Wildman–Crippen LogP) is 4.19. The minimum atomic E-state index is -1.65. The maximum absolute atomic E-state index is 13.4. The second kappa shape index (κ2) is 9.80. The summed E-state index contributed by atoms with van der Waals surface area (Å²) in [6, 6.07) is 5.72. The van der Waals surface area contributed by atoms with Crippen molar-refractivity contribution in [2.75, 3.05) is 0 Å². The van der Waals surface area contributed by atoms with E-state index in [2.05, 4.69) is 11.7 Å². The van der Waals surface area contributed by atoms with Gasteiger partial charge in [0.05, 0.1) is 28.9 Å². The Kier molecular flexibility index (Phi) is 7.60. The fourth-order valence-corrected chi connectivity index (χ4v) is 3.10. The molecule has 1 aliphatic rings. The number of hydrogen-bond acceptors (Lipinski definition) is 8. The quantitative estimate of drug-likeness (QED) is 0.349. The van der Waals surface area contributed by atoms with Gasteiger partial charge < -0.3 is 14.2 Å². The average molecular weight is 447 g/mol. The number of nitro groups is 1. The van der Waals surface area contributed by atoms with Crippen LogP contribution in [0.1, 0.15) is 47.1 Å². The van der Waals surface area contributed by atoms with Crippen LogP contribution in [-0.2, 0) is 25.4 Å². The lowest BCUT2D eigenvalue weighted by Gasteiger charge is -2.31. The molecule has 0 spiro atoms. The first-order valence-corrected chi connectivity index (χ1v) is 10.3. The molecule has 0 aliphatic carbocycles. The molecule has 0 N–H and O–H groups in total. The SMILES string of the molecule is C=C1N(C(=O)OC(C)C)N=C(OC(C)C)C1(Cc1ccc([N+](=O)[O-])cc1)C(=O)OC(C)C. The fourth-order valence-electron chi connectivity index (χ4n) is 3.10. The van der Waals surface area contributed by atoms with Crippen LogP contribution in [0.25, 0.3) is 0 Å². The highest BCUT2D eigenvalue weighted by Gasteiger charge is 2.58. The molecule has 1 aromatic rings. The second-order valence-corrected chi connectivity index (χ2v) is 8.22. The molecule has 0 saturated heterocycles. The molecule has 32 heavy (non-hydrogen) atoms. The molecule has 1 atom stereocenters. The summed E-state index contributed by atoms with van der Waals surface area (Å²) in [7, 11) is 0. The Morgan fingerprint density at radius 3 is 2.09 bits per heavy atom. The maximum Gasteiger partial charge on any atom is 0.435 e. The van der Waals surface area contributed by atoms with Crippen molar-refractivity contribution in [3.05, 3.63) is 52.2 Å². The number of carbonyl (C=O) groups is 2. The molecular weight excluding hydrogens is 418 g/mol. The molecule has 10 nitrogen and oxygen atoms in total. The third-order valence-corrected chi connectivity index (χ3v) is 4.47. The highest BCUT2D eigenvalue weighted by molar-refractivity contribution is 6.09. The standard InChI is InChI=1S/C22H29N3O7/c1-13(2)30-19-22(20(26)31-14(3)4,12-17-8-10-18(11-9-17)25(28)29)16(7)24(23-19)21(27)32-15(5)6/h8-11,13-15H,7,12H2,1-6H3. The van der Waals surface area contributed by atoms with Gasteiger partial charge in [-0.15, -0.1) is 5.10 Å². The van der Waals surface area contributed by atoms with Gasteiger partial charge in [-0.05, 0) is 47.1 Å². The summed E-state index contributed by atoms with van der Waals surface area (Å²) in [4.78, 5) is 36.6. The van der Waals surface area contributed by atoms with Gasteiger partial charge in [0.25, 0.3) is 5.69 Å². The minimum Gasteiger partial charge on any atom is -0.476 e. The van der Waals surface area contributed by atoms with Crippen LogP contribution in [0.2, 0.25) is 0 Å². The van der Waals surface area contributed by atoms with Gasteiger partial charge in [-0.25, -0.2) is 4.79 Å². The van der Waals surface area contributed by atoms with Crippen molar-refractivity contribution >= 4 is 23.6 Å². The summed E-state index contributed by atoms with van der Waals surface area (Å²) < 4.78 is 16.6. The number of hydrazone groups is 1. The number of ether oxygens (including phenoxy) is 3. The minimum absolute atomic E-state index is 0.0165. The zero-order valence-corrected chi connectivity index (χ0v) is 19.2. The Morgan fingerprint density at radius 2 is 1.62 bits per heavy atom. The molecule has 0 fully saturated rings. The van der Waals surface area contributed by atoms with Gasteiger partial charge in [-0.2, -0.15) is 5.01 Å². The number of hydrogen-bond donors (Lipinski definition) is 0. The van der Waals surface area contributed by atoms with Crippen molar-refractivity contribution < 1.29 is 28.7 Å². The van der Waals surface area contributed by atoms with Crippen LogP contribution in [0, 0.1) is 15.5 Å². The van der Waals surface area contributed by atoms with Crippen LogP contribution in [0.5, 0.6) is 0 Å². The highest BCUT2D eigenvalue weighted by atomic mass is 16.6. The van der Waals surface area contributed by atoms with Gasteiger partial charge in [0.2, 0.25) is 5.90 Å². The van der Waals surface area contributed by atoms with Crippen molar-refractivity contribution in [2.45, 2.75) is 66.3 Å². The number of amides is 1. The number of esters is 1. The van der Waals surface area contributed by atoms with Gasteiger partial charge in [-0.3, -0.25) is 14.9 Å². The third kappa shape index (κ3) is 5.24. The molecular formula is C22H29N3O7. The maximum atomic E-state index is 13.4. The lowest BCUT2D eigenvalue weighted by Crippen LogP contribution is -2.46. The van der Waals surface area contributed by atoms with Gasteiger partial charge in [0.1, 0.15) is 0 Å². The van der Waals surface area contributed by atoms with E-state index in [0.29, 0.717) is 5.56 Å². The van der Waals surface area contributed by atoms with E-state index >= 15 is 0 Å². The zero-order chi connectivity index (χ0) is 24.2. The van der Waals surface area contributed by atoms with E-state index in [1.54, 1.807) is 41.5 Å². The molecule has 1 aliphatic heterocycles. The number of nitro benzene ring substituents is 1. The molecule has 0 saturated carbocycles. The number of carbonyl (C=O) groups excluding carboxylic acids is 2. The molecule has 1 unspecified atom stereocenters. The normalized spacial score (nSPS) is 18.2. The first-order valence-electron chi connectivity index (χ1n) is 10.3. The van der Waals surface area contributed by atoms with E-state index in [0.717, 1.165) is 5.01 Å². The van der Waals surface area contributed by atoms with Crippen molar-refractivity contribution in [3.8, 4) is 0 Å². The Morgan fingerprint density at radius 1 is 1.06 bits per heavy atom. The Labute approximate surface area is 187 Å². The molecule has 1 amide bonds. The Hall–Kier alpha value is -3.43. The molecule has 10 heteroatoms. The lowest BCUT2D eigenvalue weighted by molar-refractivity contribution is -0.384. The smallest absolute Gasteiger partial charge is 0.435 e. The highest BCUT2D eigenvalue weighted by Crippen LogP contribution is 2.43. The lowest BCUT2D eigenvalue weighted by atomic mass is 9.78. The summed E-state index contributed by atoms with van der Waals surface area (Å²) in [6.45, 7) is 14.2. The van der Waals surface area contributed by atoms with E-state index in [-0.39, 0.29) is 29.8 Å². The van der Waals surface area contributed by atoms with Gasteiger partial charge >= 0.3 is 12.1 Å². The third-order valence-electron chi connectivity index (χ3n) is 4.47. The Bertz CT molecular complexity index is 922. The number of benzene rings is 1. The monoisotopic (exact) mass is 447 g/mol. The van der Waals surface area contributed by atoms with Gasteiger partial charge in [0.15, 0.2) is 5.41 Å². The molecule has 1 aromatic carbocycles. The molecule has 0 aromatic heterocycles. The predicted molar refractivity (Wildman–Crippen MR) is 117 cm³/mol. The van der Waals surface area contributed by atoms with Crippen LogP contribution in [0.3, 0.4) is 0 Å². The van der Waals surface area contributed by atoms with Crippen molar-refractivity contribution in [1.82, 2.24) is 5.01 Å². The van der Waals surface area contributed by atoms with Crippen LogP contribution >= 0.6 is 0 Å². The Balaban J connectivity index is 2.58. The van der Waals surface area contributed by atoms with E-state index < -0.39 is 34.6 Å². The fraction of sp³-hybridized carbons (Fsp3) is 0.500. The molecule has 2 rings (SSSR count).